The van der Waals surface area contributed by atoms with Crippen LogP contribution in [0.25, 0.3) is 0 Å². The Balaban J connectivity index is 0.000000221. The van der Waals surface area contributed by atoms with E-state index in [0.29, 0.717) is 0 Å². The van der Waals surface area contributed by atoms with Gasteiger partial charge in [-0.3, -0.25) is 0 Å². The second kappa shape index (κ2) is 4.56. The highest BCUT2D eigenvalue weighted by molar-refractivity contribution is 6.50. The lowest BCUT2D eigenvalue weighted by atomic mass is 10.3. The van der Waals surface area contributed by atoms with Gasteiger partial charge in [-0.15, -0.1) is 4.39 Å². The van der Waals surface area contributed by atoms with Crippen LogP contribution in [0.4, 0.5) is 21.7 Å². The quantitative estimate of drug-likeness (QED) is 0.297. The number of hydrogen-bond acceptors (Lipinski definition) is 2. The van der Waals surface area contributed by atoms with E-state index in [2.05, 4.69) is 0 Å². The maximum Gasteiger partial charge on any atom is 0.673 e. The average Bonchev–Trinajstić information content (AvgIpc) is 2.44. The lowest BCUT2D eigenvalue weighted by molar-refractivity contribution is -0.756. The molecular weight excluding hydrogens is 232 g/mol. The second-order valence-electron chi connectivity index (χ2n) is 3.02. The van der Waals surface area contributed by atoms with Crippen molar-refractivity contribution in [2.45, 2.75) is 0 Å². The Hall–Kier alpha value is -1.51. The SMILES string of the molecule is CN1C=CN2[NH2+]C(F)=CC=C12.F[B-](F)(F)F. The van der Waals surface area contributed by atoms with Gasteiger partial charge in [0.1, 0.15) is 0 Å². The van der Waals surface area contributed by atoms with Crippen LogP contribution in [0.15, 0.2) is 36.3 Å². The maximum atomic E-state index is 12.6. The molecule has 0 bridgehead atoms. The summed E-state index contributed by atoms with van der Waals surface area (Å²) in [6.45, 7) is 0. The highest BCUT2D eigenvalue weighted by Crippen LogP contribution is 2.15. The molecule has 0 saturated carbocycles. The number of allylic oxidation sites excluding steroid dienone is 2. The van der Waals surface area contributed by atoms with Gasteiger partial charge >= 0.3 is 13.2 Å². The van der Waals surface area contributed by atoms with E-state index in [9.17, 15) is 21.7 Å². The van der Waals surface area contributed by atoms with Crippen LogP contribution < -0.4 is 5.43 Å². The number of nitrogens with two attached hydrogens (primary N) is 1. The molecule has 9 heteroatoms. The van der Waals surface area contributed by atoms with E-state index in [4.69, 9.17) is 0 Å². The number of halogens is 5. The Kier molecular flexibility index (Phi) is 3.58. The molecule has 0 aromatic rings. The summed E-state index contributed by atoms with van der Waals surface area (Å²) in [5.41, 5.74) is 1.45. The van der Waals surface area contributed by atoms with Crippen LogP contribution >= 0.6 is 0 Å². The lowest BCUT2D eigenvalue weighted by Gasteiger charge is -2.19. The summed E-state index contributed by atoms with van der Waals surface area (Å²) in [6, 6.07) is 0. The highest BCUT2D eigenvalue weighted by atomic mass is 19.5. The highest BCUT2D eigenvalue weighted by Gasteiger charge is 2.23. The molecule has 2 rings (SSSR count). The van der Waals surface area contributed by atoms with Crippen LogP contribution in [0.5, 0.6) is 0 Å². The van der Waals surface area contributed by atoms with Crippen molar-refractivity contribution in [3.05, 3.63) is 36.3 Å². The Labute approximate surface area is 88.6 Å². The van der Waals surface area contributed by atoms with Gasteiger partial charge in [-0.2, -0.15) is 10.4 Å². The van der Waals surface area contributed by atoms with Crippen molar-refractivity contribution in [3.63, 3.8) is 0 Å². The molecule has 0 amide bonds. The fourth-order valence-electron chi connectivity index (χ4n) is 1.15. The van der Waals surface area contributed by atoms with Gasteiger partial charge in [0.15, 0.2) is 5.82 Å². The first-order chi connectivity index (χ1) is 7.27. The number of quaternary nitrogens is 1. The molecule has 90 valence electrons. The van der Waals surface area contributed by atoms with Gasteiger partial charge in [-0.05, 0) is 6.08 Å². The van der Waals surface area contributed by atoms with Gasteiger partial charge < -0.3 is 22.2 Å². The van der Waals surface area contributed by atoms with Gasteiger partial charge in [0, 0.05) is 19.3 Å². The molecule has 0 aliphatic carbocycles. The van der Waals surface area contributed by atoms with Gasteiger partial charge in [0.05, 0.1) is 6.20 Å². The zero-order valence-electron chi connectivity index (χ0n) is 8.25. The maximum absolute atomic E-state index is 12.6. The summed E-state index contributed by atoms with van der Waals surface area (Å²) < 4.78 is 51.6. The van der Waals surface area contributed by atoms with Crippen LogP contribution in [-0.2, 0) is 0 Å². The summed E-state index contributed by atoms with van der Waals surface area (Å²) >= 11 is 0. The minimum Gasteiger partial charge on any atom is -0.418 e. The second-order valence-corrected chi connectivity index (χ2v) is 3.02. The Bertz CT molecular complexity index is 342. The summed E-state index contributed by atoms with van der Waals surface area (Å²) in [4.78, 5) is 1.93. The molecule has 16 heavy (non-hydrogen) atoms. The minimum absolute atomic E-state index is 0.214. The van der Waals surface area contributed by atoms with Crippen molar-refractivity contribution in [1.82, 2.24) is 9.91 Å². The first-order valence-corrected chi connectivity index (χ1v) is 4.26. The summed E-state index contributed by atoms with van der Waals surface area (Å²) in [5.74, 6) is 0.764. The van der Waals surface area contributed by atoms with E-state index in [1.54, 1.807) is 11.1 Å². The van der Waals surface area contributed by atoms with Crippen LogP contribution in [0.3, 0.4) is 0 Å². The van der Waals surface area contributed by atoms with Crippen molar-refractivity contribution in [2.24, 2.45) is 0 Å². The summed E-state index contributed by atoms with van der Waals surface area (Å²) in [6.07, 6.45) is 6.90. The molecule has 0 unspecified atom stereocenters. The Morgan fingerprint density at radius 2 is 1.69 bits per heavy atom. The van der Waals surface area contributed by atoms with Crippen LogP contribution in [0.2, 0.25) is 0 Å². The molecule has 0 saturated heterocycles. The molecule has 2 aliphatic rings. The number of hydrogen-bond donors (Lipinski definition) is 1. The first kappa shape index (κ1) is 12.6. The predicted octanol–water partition coefficient (Wildman–Crippen LogP) is 1.15. The minimum atomic E-state index is -6.00. The smallest absolute Gasteiger partial charge is 0.418 e. The largest absolute Gasteiger partial charge is 0.673 e. The molecule has 2 N–H and O–H groups in total. The monoisotopic (exact) mass is 241 g/mol. The van der Waals surface area contributed by atoms with Crippen LogP contribution in [0, 0.1) is 0 Å². The fourth-order valence-corrected chi connectivity index (χ4v) is 1.15. The van der Waals surface area contributed by atoms with E-state index < -0.39 is 7.25 Å². The molecule has 3 nitrogen and oxygen atoms in total. The molecule has 0 radical (unpaired) electrons. The standard InChI is InChI=1S/C7H8FN3.BF4/c1-10-4-5-11-7(10)3-2-6(8)9-11;2-1(3,4)5/h2-5,9H,1H3;/q;-1/p+1. The molecule has 0 fully saturated rings. The van der Waals surface area contributed by atoms with E-state index in [-0.39, 0.29) is 5.95 Å². The van der Waals surface area contributed by atoms with E-state index in [0.717, 1.165) is 5.82 Å². The average molecular weight is 241 g/mol. The molecule has 0 aromatic carbocycles. The van der Waals surface area contributed by atoms with E-state index in [1.165, 1.54) is 11.5 Å². The van der Waals surface area contributed by atoms with Crippen molar-refractivity contribution in [2.75, 3.05) is 7.05 Å². The fraction of sp³-hybridized carbons (Fsp3) is 0.143. The van der Waals surface area contributed by atoms with Crippen molar-refractivity contribution in [1.29, 1.82) is 0 Å². The van der Waals surface area contributed by atoms with Gasteiger partial charge in [0.2, 0.25) is 0 Å². The Morgan fingerprint density at radius 3 is 2.25 bits per heavy atom. The van der Waals surface area contributed by atoms with Crippen molar-refractivity contribution >= 4 is 7.25 Å². The van der Waals surface area contributed by atoms with E-state index in [1.807, 2.05) is 24.3 Å². The Morgan fingerprint density at radius 1 is 1.12 bits per heavy atom. The number of nitrogens with zero attached hydrogens (tertiary/aromatic N) is 2. The molecule has 2 aliphatic heterocycles. The normalized spacial score (nSPS) is 18.6. The van der Waals surface area contributed by atoms with Gasteiger partial charge in [-0.1, -0.05) is 0 Å². The summed E-state index contributed by atoms with van der Waals surface area (Å²) in [7, 11) is -4.08. The predicted molar refractivity (Wildman–Crippen MR) is 48.1 cm³/mol. The van der Waals surface area contributed by atoms with Crippen molar-refractivity contribution in [3.8, 4) is 0 Å². The first-order valence-electron chi connectivity index (χ1n) is 4.26. The molecule has 2 heterocycles. The number of rotatable bonds is 0. The third-order valence-electron chi connectivity index (χ3n) is 1.73. The molecule has 0 aromatic heterocycles. The molecule has 0 spiro atoms. The third-order valence-corrected chi connectivity index (χ3v) is 1.73. The molecule has 0 atom stereocenters. The topological polar surface area (TPSA) is 23.1 Å². The number of fused-ring (bicyclic) bond motifs is 1. The van der Waals surface area contributed by atoms with Gasteiger partial charge in [0.25, 0.3) is 0 Å². The van der Waals surface area contributed by atoms with Crippen LogP contribution in [-0.4, -0.2) is 24.2 Å². The zero-order chi connectivity index (χ0) is 12.3. The lowest BCUT2D eigenvalue weighted by Crippen LogP contribution is -2.89. The molecular formula is C7H9BF5N3. The van der Waals surface area contributed by atoms with Gasteiger partial charge in [-0.25, -0.2) is 0 Å². The van der Waals surface area contributed by atoms with E-state index >= 15 is 0 Å². The zero-order valence-corrected chi connectivity index (χ0v) is 8.25. The van der Waals surface area contributed by atoms with Crippen LogP contribution in [0.1, 0.15) is 0 Å². The van der Waals surface area contributed by atoms with Crippen molar-refractivity contribution < 1.29 is 27.1 Å². The summed E-state index contributed by atoms with van der Waals surface area (Å²) in [5, 5.41) is 1.75. The third kappa shape index (κ3) is 3.93.